The molecule has 6 amide bonds. The van der Waals surface area contributed by atoms with Crippen LogP contribution >= 0.6 is 0 Å². The van der Waals surface area contributed by atoms with Gasteiger partial charge in [0.2, 0.25) is 35.4 Å². The highest BCUT2D eigenvalue weighted by Gasteiger charge is 2.32. The van der Waals surface area contributed by atoms with Crippen LogP contribution in [-0.2, 0) is 41.6 Å². The number of hydrogen-bond acceptors (Lipinski definition) is 6. The molecule has 1 heterocycles. The number of carbonyl (C=O) groups excluding carboxylic acids is 6. The van der Waals surface area contributed by atoms with Crippen molar-refractivity contribution in [3.8, 4) is 0 Å². The number of likely N-dealkylation sites (N-methyl/N-ethyl adjacent to an activating group) is 1. The fourth-order valence-electron chi connectivity index (χ4n) is 4.95. The highest BCUT2D eigenvalue weighted by molar-refractivity contribution is 5.96. The highest BCUT2D eigenvalue weighted by Crippen LogP contribution is 2.09. The molecular formula is C33H44N6O6. The van der Waals surface area contributed by atoms with Gasteiger partial charge >= 0.3 is 0 Å². The van der Waals surface area contributed by atoms with Crippen LogP contribution < -0.4 is 26.6 Å². The van der Waals surface area contributed by atoms with Crippen molar-refractivity contribution >= 4 is 35.4 Å². The Labute approximate surface area is 264 Å². The second-order valence-corrected chi connectivity index (χ2v) is 11.7. The topological polar surface area (TPSA) is 166 Å². The van der Waals surface area contributed by atoms with Crippen molar-refractivity contribution in [2.45, 2.75) is 70.6 Å². The lowest BCUT2D eigenvalue weighted by Crippen LogP contribution is -2.59. The zero-order valence-corrected chi connectivity index (χ0v) is 26.3. The van der Waals surface area contributed by atoms with Gasteiger partial charge in [0.05, 0.1) is 13.0 Å². The van der Waals surface area contributed by atoms with Crippen LogP contribution in [0.2, 0.25) is 0 Å². The third kappa shape index (κ3) is 11.0. The van der Waals surface area contributed by atoms with Crippen LogP contribution in [-0.4, -0.2) is 84.6 Å². The first kappa shape index (κ1) is 34.7. The van der Waals surface area contributed by atoms with Gasteiger partial charge in [-0.05, 0) is 36.8 Å². The molecule has 0 saturated carbocycles. The second-order valence-electron chi connectivity index (χ2n) is 11.7. The first-order chi connectivity index (χ1) is 21.4. The monoisotopic (exact) mass is 620 g/mol. The smallest absolute Gasteiger partial charge is 0.245 e. The molecule has 45 heavy (non-hydrogen) atoms. The van der Waals surface area contributed by atoms with E-state index in [9.17, 15) is 28.8 Å². The molecule has 1 fully saturated rings. The summed E-state index contributed by atoms with van der Waals surface area (Å²) in [6.07, 6.45) is 0.773. The molecule has 4 atom stereocenters. The SMILES string of the molecule is CC(C)[C@H]1NC(=O)[C@@H](NC(=O)Cc2ccccc2)CCCNC(=O)CN(C)C(=O)[C@H](Cc2ccccc2)NC(=O)[C@@H](C)NC1=O. The summed E-state index contributed by atoms with van der Waals surface area (Å²) in [6, 6.07) is 14.2. The van der Waals surface area contributed by atoms with E-state index in [-0.39, 0.29) is 44.2 Å². The molecule has 2 aromatic carbocycles. The van der Waals surface area contributed by atoms with E-state index < -0.39 is 53.7 Å². The lowest BCUT2D eigenvalue weighted by atomic mass is 10.0. The molecular weight excluding hydrogens is 576 g/mol. The zero-order valence-electron chi connectivity index (χ0n) is 26.3. The van der Waals surface area contributed by atoms with E-state index in [1.54, 1.807) is 26.0 Å². The van der Waals surface area contributed by atoms with Crippen LogP contribution in [0.1, 0.15) is 44.7 Å². The Morgan fingerprint density at radius 1 is 0.867 bits per heavy atom. The van der Waals surface area contributed by atoms with Gasteiger partial charge in [0.15, 0.2) is 0 Å². The normalized spacial score (nSPS) is 22.8. The van der Waals surface area contributed by atoms with Crippen molar-refractivity contribution in [1.82, 2.24) is 31.5 Å². The zero-order chi connectivity index (χ0) is 32.9. The van der Waals surface area contributed by atoms with Gasteiger partial charge in [0, 0.05) is 20.0 Å². The summed E-state index contributed by atoms with van der Waals surface area (Å²) in [5, 5.41) is 13.6. The van der Waals surface area contributed by atoms with E-state index in [1.807, 2.05) is 48.5 Å². The second kappa shape index (κ2) is 16.9. The number of hydrogen-bond donors (Lipinski definition) is 5. The number of rotatable bonds is 6. The Morgan fingerprint density at radius 2 is 1.49 bits per heavy atom. The maximum atomic E-state index is 13.4. The van der Waals surface area contributed by atoms with Crippen LogP contribution in [0.3, 0.4) is 0 Å². The van der Waals surface area contributed by atoms with Gasteiger partial charge in [-0.15, -0.1) is 0 Å². The third-order valence-corrected chi connectivity index (χ3v) is 7.50. The molecule has 5 N–H and O–H groups in total. The van der Waals surface area contributed by atoms with Crippen molar-refractivity contribution in [3.63, 3.8) is 0 Å². The lowest BCUT2D eigenvalue weighted by Gasteiger charge is -2.28. The van der Waals surface area contributed by atoms with Gasteiger partial charge in [0.25, 0.3) is 0 Å². The highest BCUT2D eigenvalue weighted by atomic mass is 16.2. The van der Waals surface area contributed by atoms with Crippen LogP contribution in [0.4, 0.5) is 0 Å². The lowest BCUT2D eigenvalue weighted by molar-refractivity contribution is -0.139. The molecule has 0 bridgehead atoms. The summed E-state index contributed by atoms with van der Waals surface area (Å²) in [5.74, 6) is -3.32. The summed E-state index contributed by atoms with van der Waals surface area (Å²) in [6.45, 7) is 4.93. The van der Waals surface area contributed by atoms with Gasteiger partial charge in [-0.2, -0.15) is 0 Å². The maximum absolute atomic E-state index is 13.4. The Bertz CT molecular complexity index is 1340. The molecule has 1 saturated heterocycles. The molecule has 0 radical (unpaired) electrons. The fourth-order valence-corrected chi connectivity index (χ4v) is 4.95. The molecule has 0 unspecified atom stereocenters. The average Bonchev–Trinajstić information content (AvgIpc) is 3.00. The van der Waals surface area contributed by atoms with Crippen LogP contribution in [0.25, 0.3) is 0 Å². The van der Waals surface area contributed by atoms with Crippen LogP contribution in [0.15, 0.2) is 60.7 Å². The van der Waals surface area contributed by atoms with Gasteiger partial charge in [-0.3, -0.25) is 28.8 Å². The summed E-state index contributed by atoms with van der Waals surface area (Å²) < 4.78 is 0. The number of nitrogens with zero attached hydrogens (tertiary/aromatic N) is 1. The molecule has 0 aliphatic carbocycles. The summed E-state index contributed by atoms with van der Waals surface area (Å²) in [5.41, 5.74) is 1.58. The minimum atomic E-state index is -1.05. The maximum Gasteiger partial charge on any atom is 0.245 e. The molecule has 2 aromatic rings. The van der Waals surface area contributed by atoms with Crippen LogP contribution in [0, 0.1) is 5.92 Å². The molecule has 3 rings (SSSR count). The standard InChI is InChI=1S/C33H44N6O6/c1-21(2)29-32(44)35-22(3)30(42)37-26(18-23-12-7-5-8-13-23)33(45)39(4)20-28(41)34-17-11-16-25(31(43)38-29)36-27(40)19-24-14-9-6-10-15-24/h5-10,12-15,21-22,25-26,29H,11,16-20H2,1-4H3,(H,34,41)(H,35,44)(H,36,40)(H,37,42)(H,38,43)/t22-,25+,26+,29-/m1/s1. The van der Waals surface area contributed by atoms with Crippen LogP contribution in [0.5, 0.6) is 0 Å². The first-order valence-corrected chi connectivity index (χ1v) is 15.2. The molecule has 0 aromatic heterocycles. The number of nitrogens with one attached hydrogen (secondary N) is 5. The summed E-state index contributed by atoms with van der Waals surface area (Å²) in [4.78, 5) is 80.2. The van der Waals surface area contributed by atoms with E-state index in [0.717, 1.165) is 11.1 Å². The summed E-state index contributed by atoms with van der Waals surface area (Å²) >= 11 is 0. The Morgan fingerprint density at radius 3 is 2.11 bits per heavy atom. The van der Waals surface area contributed by atoms with Crippen molar-refractivity contribution in [1.29, 1.82) is 0 Å². The number of benzene rings is 2. The van der Waals surface area contributed by atoms with E-state index in [4.69, 9.17) is 0 Å². The van der Waals surface area contributed by atoms with Crippen molar-refractivity contribution in [2.75, 3.05) is 20.1 Å². The van der Waals surface area contributed by atoms with E-state index in [1.165, 1.54) is 18.9 Å². The van der Waals surface area contributed by atoms with E-state index in [2.05, 4.69) is 26.6 Å². The molecule has 0 spiro atoms. The predicted octanol–water partition coefficient (Wildman–Crippen LogP) is 0.455. The number of carbonyl (C=O) groups is 6. The van der Waals surface area contributed by atoms with Gasteiger partial charge in [0.1, 0.15) is 24.2 Å². The Hall–Kier alpha value is -4.74. The average molecular weight is 621 g/mol. The van der Waals surface area contributed by atoms with Crippen molar-refractivity contribution in [3.05, 3.63) is 71.8 Å². The Kier molecular flexibility index (Phi) is 13.1. The molecule has 1 aliphatic rings. The largest absolute Gasteiger partial charge is 0.355 e. The number of amides is 6. The third-order valence-electron chi connectivity index (χ3n) is 7.50. The van der Waals surface area contributed by atoms with E-state index in [0.29, 0.717) is 6.42 Å². The Balaban J connectivity index is 1.82. The quantitative estimate of drug-likeness (QED) is 0.315. The summed E-state index contributed by atoms with van der Waals surface area (Å²) in [7, 11) is 1.48. The van der Waals surface area contributed by atoms with Gasteiger partial charge in [-0.1, -0.05) is 74.5 Å². The molecule has 12 heteroatoms. The fraction of sp³-hybridized carbons (Fsp3) is 0.455. The molecule has 12 nitrogen and oxygen atoms in total. The predicted molar refractivity (Wildman–Crippen MR) is 168 cm³/mol. The van der Waals surface area contributed by atoms with Crippen molar-refractivity contribution < 1.29 is 28.8 Å². The van der Waals surface area contributed by atoms with Gasteiger partial charge < -0.3 is 31.5 Å². The minimum Gasteiger partial charge on any atom is -0.355 e. The molecule has 242 valence electrons. The van der Waals surface area contributed by atoms with E-state index >= 15 is 0 Å². The van der Waals surface area contributed by atoms with Crippen molar-refractivity contribution in [2.24, 2.45) is 5.92 Å². The molecule has 1 aliphatic heterocycles. The van der Waals surface area contributed by atoms with Gasteiger partial charge in [-0.25, -0.2) is 0 Å². The first-order valence-electron chi connectivity index (χ1n) is 15.2. The minimum absolute atomic E-state index is 0.0632.